The van der Waals surface area contributed by atoms with Crippen LogP contribution in [0.3, 0.4) is 0 Å². The molecule has 7 rings (SSSR count). The first kappa shape index (κ1) is 31.1. The number of amides is 1. The van der Waals surface area contributed by atoms with Crippen LogP contribution in [0.25, 0.3) is 32.9 Å². The molecule has 0 saturated carbocycles. The van der Waals surface area contributed by atoms with Gasteiger partial charge in [0.1, 0.15) is 36.4 Å². The van der Waals surface area contributed by atoms with Crippen molar-refractivity contribution >= 4 is 33.6 Å². The predicted octanol–water partition coefficient (Wildman–Crippen LogP) is 6.01. The number of carbonyl (C=O) groups excluding carboxylic acids is 1. The third kappa shape index (κ3) is 6.14. The minimum absolute atomic E-state index is 0.0799. The minimum atomic E-state index is -0.883. The maximum Gasteiger partial charge on any atom is 0.404 e. The Labute approximate surface area is 272 Å². The van der Waals surface area contributed by atoms with Crippen LogP contribution < -0.4 is 15.4 Å². The molecule has 2 N–H and O–H groups in total. The van der Waals surface area contributed by atoms with E-state index in [9.17, 15) is 9.18 Å². The number of piperidine rings is 1. The summed E-state index contributed by atoms with van der Waals surface area (Å²) in [6.45, 7) is 5.38. The number of halogens is 2. The molecule has 4 aromatic rings. The van der Waals surface area contributed by atoms with Crippen molar-refractivity contribution in [3.8, 4) is 29.1 Å². The van der Waals surface area contributed by atoms with E-state index >= 15 is 4.39 Å². The molecule has 5 heterocycles. The number of hydrogen-bond donors (Lipinski definition) is 1. The molecule has 47 heavy (non-hydrogen) atoms. The molecule has 0 spiro atoms. The molecule has 1 amide bonds. The van der Waals surface area contributed by atoms with E-state index in [4.69, 9.17) is 20.2 Å². The van der Waals surface area contributed by atoms with Gasteiger partial charge in [-0.05, 0) is 49.6 Å². The smallest absolute Gasteiger partial charge is 0.404 e. The maximum absolute atomic E-state index is 16.9. The summed E-state index contributed by atoms with van der Waals surface area (Å²) in [6.07, 6.45) is 4.61. The van der Waals surface area contributed by atoms with Crippen molar-refractivity contribution in [1.29, 1.82) is 0 Å². The van der Waals surface area contributed by atoms with E-state index in [1.807, 2.05) is 36.4 Å². The molecule has 9 nitrogen and oxygen atoms in total. The van der Waals surface area contributed by atoms with E-state index in [2.05, 4.69) is 38.5 Å². The number of fused-ring (bicyclic) bond motifs is 3. The van der Waals surface area contributed by atoms with Crippen LogP contribution in [0.15, 0.2) is 42.6 Å². The number of alkyl halides is 1. The SMILES string of the molecule is C[C@H]1CCCN(c2nc(OC[C@@]34CCCN3C[C@H](F)C4)nc3c(F)c(-c4cccc5cccc(C#CCCOC(N)=O)c45)ncc23)C1. The Morgan fingerprint density at radius 3 is 2.83 bits per heavy atom. The largest absolute Gasteiger partial charge is 0.461 e. The van der Waals surface area contributed by atoms with Crippen LogP contribution in [0, 0.1) is 23.6 Å². The number of pyridine rings is 1. The highest BCUT2D eigenvalue weighted by Gasteiger charge is 2.49. The quantitative estimate of drug-likeness (QED) is 0.193. The van der Waals surface area contributed by atoms with Gasteiger partial charge in [-0.1, -0.05) is 49.1 Å². The number of benzene rings is 2. The molecular formula is C36H38F2N6O3. The minimum Gasteiger partial charge on any atom is -0.461 e. The third-order valence-corrected chi connectivity index (χ3v) is 9.69. The number of anilines is 1. The second-order valence-electron chi connectivity index (χ2n) is 13.0. The van der Waals surface area contributed by atoms with Crippen LogP contribution in [0.1, 0.15) is 51.0 Å². The molecule has 2 aromatic heterocycles. The number of primary amides is 1. The third-order valence-electron chi connectivity index (χ3n) is 9.69. The van der Waals surface area contributed by atoms with Crippen molar-refractivity contribution in [3.05, 3.63) is 54.0 Å². The van der Waals surface area contributed by atoms with Gasteiger partial charge in [0.05, 0.1) is 10.9 Å². The summed E-state index contributed by atoms with van der Waals surface area (Å²) < 4.78 is 42.4. The average Bonchev–Trinajstić information content (AvgIpc) is 3.59. The topological polar surface area (TPSA) is 107 Å². The zero-order chi connectivity index (χ0) is 32.5. The van der Waals surface area contributed by atoms with Crippen molar-refractivity contribution in [3.63, 3.8) is 0 Å². The number of nitrogens with zero attached hydrogens (tertiary/aromatic N) is 5. The van der Waals surface area contributed by atoms with Gasteiger partial charge in [0.25, 0.3) is 0 Å². The van der Waals surface area contributed by atoms with Gasteiger partial charge < -0.3 is 20.1 Å². The number of aromatic nitrogens is 3. The van der Waals surface area contributed by atoms with E-state index in [0.29, 0.717) is 47.6 Å². The van der Waals surface area contributed by atoms with E-state index in [-0.39, 0.29) is 36.0 Å². The first-order valence-corrected chi connectivity index (χ1v) is 16.4. The summed E-state index contributed by atoms with van der Waals surface area (Å²) >= 11 is 0. The second-order valence-corrected chi connectivity index (χ2v) is 13.0. The van der Waals surface area contributed by atoms with Gasteiger partial charge in [0.2, 0.25) is 0 Å². The van der Waals surface area contributed by atoms with Crippen molar-refractivity contribution in [1.82, 2.24) is 19.9 Å². The van der Waals surface area contributed by atoms with Gasteiger partial charge in [-0.2, -0.15) is 9.97 Å². The summed E-state index contributed by atoms with van der Waals surface area (Å²) in [4.78, 5) is 29.4. The lowest BCUT2D eigenvalue weighted by Gasteiger charge is -2.33. The Kier molecular flexibility index (Phi) is 8.53. The summed E-state index contributed by atoms with van der Waals surface area (Å²) in [5.41, 5.74) is 6.21. The molecule has 0 aliphatic carbocycles. The normalized spacial score (nSPS) is 22.7. The summed E-state index contributed by atoms with van der Waals surface area (Å²) in [6, 6.07) is 11.4. The van der Waals surface area contributed by atoms with E-state index in [0.717, 1.165) is 56.1 Å². The fourth-order valence-corrected chi connectivity index (χ4v) is 7.55. The van der Waals surface area contributed by atoms with E-state index < -0.39 is 18.1 Å². The molecule has 0 bridgehead atoms. The molecule has 3 fully saturated rings. The van der Waals surface area contributed by atoms with Crippen molar-refractivity contribution in [2.75, 3.05) is 44.3 Å². The monoisotopic (exact) mass is 640 g/mol. The number of carbonyl (C=O) groups is 1. The van der Waals surface area contributed by atoms with Gasteiger partial charge in [0, 0.05) is 55.2 Å². The first-order chi connectivity index (χ1) is 22.8. The highest BCUT2D eigenvalue weighted by Crippen LogP contribution is 2.41. The lowest BCUT2D eigenvalue weighted by molar-refractivity contribution is 0.107. The molecule has 3 saturated heterocycles. The molecule has 2 aromatic carbocycles. The highest BCUT2D eigenvalue weighted by atomic mass is 19.1. The standard InChI is InChI=1S/C36H38F2N6O3/c1-23-8-6-15-43(20-23)33-28-19-40-31(27-13-5-12-25-11-4-10-24(29(25)27)9-2-3-17-46-34(39)45)30(38)32(28)41-35(42-33)47-22-36-14-7-16-44(36)21-26(37)18-36/h4-5,10-13,19,23,26H,3,6-8,14-18,20-22H2,1H3,(H2,39,45)/t23-,26+,36-/m0/s1. The summed E-state index contributed by atoms with van der Waals surface area (Å²) in [5.74, 6) is 6.65. The predicted molar refractivity (Wildman–Crippen MR) is 176 cm³/mol. The van der Waals surface area contributed by atoms with Crippen LogP contribution in [-0.2, 0) is 4.74 Å². The molecule has 0 radical (unpaired) electrons. The molecule has 0 unspecified atom stereocenters. The fourth-order valence-electron chi connectivity index (χ4n) is 7.55. The lowest BCUT2D eigenvalue weighted by atomic mass is 9.95. The second kappa shape index (κ2) is 12.9. The van der Waals surface area contributed by atoms with Gasteiger partial charge in [0.15, 0.2) is 5.82 Å². The average molecular weight is 641 g/mol. The molecule has 3 aliphatic rings. The first-order valence-electron chi connectivity index (χ1n) is 16.4. The van der Waals surface area contributed by atoms with Crippen LogP contribution in [0.4, 0.5) is 19.4 Å². The molecule has 3 aliphatic heterocycles. The number of ether oxygens (including phenoxy) is 2. The fraction of sp³-hybridized carbons (Fsp3) is 0.444. The Morgan fingerprint density at radius 1 is 1.15 bits per heavy atom. The Hall–Kier alpha value is -4.56. The van der Waals surface area contributed by atoms with Crippen molar-refractivity contribution in [2.45, 2.75) is 57.2 Å². The Morgan fingerprint density at radius 2 is 2.00 bits per heavy atom. The Bertz CT molecular complexity index is 1890. The van der Waals surface area contributed by atoms with Gasteiger partial charge >= 0.3 is 12.1 Å². The van der Waals surface area contributed by atoms with Gasteiger partial charge in [-0.25, -0.2) is 13.6 Å². The molecule has 11 heteroatoms. The molecular weight excluding hydrogens is 602 g/mol. The summed E-state index contributed by atoms with van der Waals surface area (Å²) in [7, 11) is 0. The zero-order valence-electron chi connectivity index (χ0n) is 26.5. The summed E-state index contributed by atoms with van der Waals surface area (Å²) in [5, 5.41) is 2.15. The van der Waals surface area contributed by atoms with Crippen LogP contribution >= 0.6 is 0 Å². The zero-order valence-corrected chi connectivity index (χ0v) is 26.5. The number of hydrogen-bond acceptors (Lipinski definition) is 8. The van der Waals surface area contributed by atoms with E-state index in [1.165, 1.54) is 0 Å². The van der Waals surface area contributed by atoms with Gasteiger partial charge in [-0.3, -0.25) is 9.88 Å². The Balaban J connectivity index is 1.30. The number of rotatable bonds is 7. The van der Waals surface area contributed by atoms with Gasteiger partial charge in [-0.15, -0.1) is 0 Å². The van der Waals surface area contributed by atoms with Crippen molar-refractivity contribution in [2.24, 2.45) is 11.7 Å². The highest BCUT2D eigenvalue weighted by molar-refractivity contribution is 6.02. The van der Waals surface area contributed by atoms with Crippen molar-refractivity contribution < 1.29 is 23.0 Å². The lowest BCUT2D eigenvalue weighted by Crippen LogP contribution is -2.43. The number of nitrogens with two attached hydrogens (primary N) is 1. The molecule has 244 valence electrons. The van der Waals surface area contributed by atoms with E-state index in [1.54, 1.807) is 6.20 Å². The van der Waals surface area contributed by atoms with Crippen LogP contribution in [-0.4, -0.2) is 77.0 Å². The molecule has 3 atom stereocenters. The van der Waals surface area contributed by atoms with Crippen LogP contribution in [0.2, 0.25) is 0 Å². The maximum atomic E-state index is 16.9. The van der Waals surface area contributed by atoms with Crippen LogP contribution in [0.5, 0.6) is 6.01 Å².